The maximum absolute atomic E-state index is 8.90. The number of aromatic nitrogens is 2. The fraction of sp³-hybridized carbons (Fsp3) is 0.125. The molecule has 0 aliphatic rings. The molecule has 0 amide bonds. The van der Waals surface area contributed by atoms with Crippen molar-refractivity contribution in [2.45, 2.75) is 13.5 Å². The molecule has 0 spiro atoms. The molecule has 1 aromatic carbocycles. The van der Waals surface area contributed by atoms with E-state index in [2.05, 4.69) is 15.6 Å². The third kappa shape index (κ3) is 2.21. The Morgan fingerprint density at radius 1 is 1.21 bits per heavy atom. The molecular formula is C16H13N3. The van der Waals surface area contributed by atoms with Crippen molar-refractivity contribution in [1.82, 2.24) is 9.55 Å². The minimum absolute atomic E-state index is 0.693. The van der Waals surface area contributed by atoms with Gasteiger partial charge in [-0.1, -0.05) is 6.07 Å². The Bertz CT molecular complexity index is 778. The second-order valence-electron chi connectivity index (χ2n) is 4.60. The van der Waals surface area contributed by atoms with Crippen LogP contribution < -0.4 is 0 Å². The molecule has 0 fully saturated rings. The first kappa shape index (κ1) is 11.5. The summed E-state index contributed by atoms with van der Waals surface area (Å²) < 4.78 is 2.15. The standard InChI is InChI=1S/C16H13N3/c1-12-3-2-4-15(18-12)11-19-8-7-14-9-13(10-17)5-6-16(14)19/h2-9H,11H2,1H3. The summed E-state index contributed by atoms with van der Waals surface area (Å²) in [5.41, 5.74) is 3.89. The summed E-state index contributed by atoms with van der Waals surface area (Å²) in [5.74, 6) is 0. The van der Waals surface area contributed by atoms with Crippen LogP contribution in [0.4, 0.5) is 0 Å². The Morgan fingerprint density at radius 3 is 2.89 bits per heavy atom. The minimum Gasteiger partial charge on any atom is -0.341 e. The predicted octanol–water partition coefficient (Wildman–Crippen LogP) is 3.26. The van der Waals surface area contributed by atoms with Gasteiger partial charge in [0.15, 0.2) is 0 Å². The summed E-state index contributed by atoms with van der Waals surface area (Å²) in [6.45, 7) is 2.74. The van der Waals surface area contributed by atoms with Crippen LogP contribution in [0.25, 0.3) is 10.9 Å². The van der Waals surface area contributed by atoms with E-state index in [4.69, 9.17) is 5.26 Å². The third-order valence-electron chi connectivity index (χ3n) is 3.18. The number of nitriles is 1. The molecule has 19 heavy (non-hydrogen) atoms. The molecule has 0 saturated heterocycles. The Balaban J connectivity index is 2.00. The van der Waals surface area contributed by atoms with E-state index in [1.54, 1.807) is 0 Å². The highest BCUT2D eigenvalue weighted by atomic mass is 15.0. The van der Waals surface area contributed by atoms with E-state index in [1.807, 2.05) is 55.6 Å². The second kappa shape index (κ2) is 4.58. The van der Waals surface area contributed by atoms with Crippen molar-refractivity contribution in [3.05, 3.63) is 65.6 Å². The first-order valence-corrected chi connectivity index (χ1v) is 6.18. The monoisotopic (exact) mass is 247 g/mol. The number of rotatable bonds is 2. The average molecular weight is 247 g/mol. The molecule has 3 rings (SSSR count). The Hall–Kier alpha value is -2.60. The molecule has 0 aliphatic heterocycles. The molecule has 0 N–H and O–H groups in total. The van der Waals surface area contributed by atoms with Gasteiger partial charge < -0.3 is 4.57 Å². The number of fused-ring (bicyclic) bond motifs is 1. The summed E-state index contributed by atoms with van der Waals surface area (Å²) in [6, 6.07) is 16.0. The number of hydrogen-bond donors (Lipinski definition) is 0. The predicted molar refractivity (Wildman–Crippen MR) is 74.7 cm³/mol. The summed E-state index contributed by atoms with van der Waals surface area (Å²) in [5, 5.41) is 9.99. The highest BCUT2D eigenvalue weighted by Crippen LogP contribution is 2.18. The lowest BCUT2D eigenvalue weighted by Crippen LogP contribution is -2.00. The quantitative estimate of drug-likeness (QED) is 0.697. The van der Waals surface area contributed by atoms with Gasteiger partial charge in [0.1, 0.15) is 0 Å². The Morgan fingerprint density at radius 2 is 2.11 bits per heavy atom. The van der Waals surface area contributed by atoms with Crippen molar-refractivity contribution in [3.8, 4) is 6.07 Å². The number of aryl methyl sites for hydroxylation is 1. The van der Waals surface area contributed by atoms with Gasteiger partial charge in [0.05, 0.1) is 23.9 Å². The molecule has 3 nitrogen and oxygen atoms in total. The van der Waals surface area contributed by atoms with Crippen LogP contribution in [0.1, 0.15) is 17.0 Å². The minimum atomic E-state index is 0.693. The van der Waals surface area contributed by atoms with Gasteiger partial charge in [-0.25, -0.2) is 0 Å². The topological polar surface area (TPSA) is 41.6 Å². The number of hydrogen-bond acceptors (Lipinski definition) is 2. The first-order chi connectivity index (χ1) is 9.26. The largest absolute Gasteiger partial charge is 0.341 e. The zero-order valence-corrected chi connectivity index (χ0v) is 10.7. The number of nitrogens with zero attached hydrogens (tertiary/aromatic N) is 3. The van der Waals surface area contributed by atoms with Crippen molar-refractivity contribution in [2.24, 2.45) is 0 Å². The second-order valence-corrected chi connectivity index (χ2v) is 4.60. The summed E-state index contributed by atoms with van der Waals surface area (Å²) >= 11 is 0. The van der Waals surface area contributed by atoms with Crippen LogP contribution in [0.3, 0.4) is 0 Å². The van der Waals surface area contributed by atoms with Crippen molar-refractivity contribution < 1.29 is 0 Å². The lowest BCUT2D eigenvalue weighted by molar-refractivity contribution is 0.802. The lowest BCUT2D eigenvalue weighted by atomic mass is 10.2. The van der Waals surface area contributed by atoms with Crippen molar-refractivity contribution >= 4 is 10.9 Å². The van der Waals surface area contributed by atoms with Crippen molar-refractivity contribution in [2.75, 3.05) is 0 Å². The van der Waals surface area contributed by atoms with Gasteiger partial charge >= 0.3 is 0 Å². The molecule has 2 heterocycles. The normalized spacial score (nSPS) is 10.5. The van der Waals surface area contributed by atoms with Gasteiger partial charge in [-0.2, -0.15) is 5.26 Å². The molecule has 3 aromatic rings. The fourth-order valence-electron chi connectivity index (χ4n) is 2.27. The van der Waals surface area contributed by atoms with Gasteiger partial charge in [0, 0.05) is 22.8 Å². The van der Waals surface area contributed by atoms with Crippen LogP contribution in [0.5, 0.6) is 0 Å². The summed E-state index contributed by atoms with van der Waals surface area (Å²) in [7, 11) is 0. The molecular weight excluding hydrogens is 234 g/mol. The third-order valence-corrected chi connectivity index (χ3v) is 3.18. The molecule has 3 heteroatoms. The molecule has 0 radical (unpaired) electrons. The van der Waals surface area contributed by atoms with Crippen LogP contribution in [-0.2, 0) is 6.54 Å². The van der Waals surface area contributed by atoms with E-state index in [1.165, 1.54) is 0 Å². The SMILES string of the molecule is Cc1cccc(Cn2ccc3cc(C#N)ccc32)n1. The molecule has 92 valence electrons. The molecule has 0 bridgehead atoms. The summed E-state index contributed by atoms with van der Waals surface area (Å²) in [4.78, 5) is 4.52. The van der Waals surface area contributed by atoms with Crippen molar-refractivity contribution in [3.63, 3.8) is 0 Å². The highest BCUT2D eigenvalue weighted by molar-refractivity contribution is 5.81. The van der Waals surface area contributed by atoms with E-state index in [9.17, 15) is 0 Å². The van der Waals surface area contributed by atoms with Crippen LogP contribution >= 0.6 is 0 Å². The summed E-state index contributed by atoms with van der Waals surface area (Å²) in [6.07, 6.45) is 2.04. The van der Waals surface area contributed by atoms with Crippen LogP contribution in [0.2, 0.25) is 0 Å². The maximum Gasteiger partial charge on any atom is 0.0991 e. The zero-order valence-electron chi connectivity index (χ0n) is 10.7. The van der Waals surface area contributed by atoms with Crippen molar-refractivity contribution in [1.29, 1.82) is 5.26 Å². The zero-order chi connectivity index (χ0) is 13.2. The number of benzene rings is 1. The maximum atomic E-state index is 8.90. The van der Waals surface area contributed by atoms with Gasteiger partial charge in [-0.3, -0.25) is 4.98 Å². The Labute approximate surface area is 111 Å². The van der Waals surface area contributed by atoms with Gasteiger partial charge in [0.2, 0.25) is 0 Å². The Kier molecular flexibility index (Phi) is 2.77. The first-order valence-electron chi connectivity index (χ1n) is 6.18. The van der Waals surface area contributed by atoms with E-state index in [0.717, 1.165) is 28.8 Å². The molecule has 0 saturated carbocycles. The van der Waals surface area contributed by atoms with E-state index >= 15 is 0 Å². The molecule has 0 aliphatic carbocycles. The fourth-order valence-corrected chi connectivity index (χ4v) is 2.27. The molecule has 2 aromatic heterocycles. The lowest BCUT2D eigenvalue weighted by Gasteiger charge is -2.05. The average Bonchev–Trinajstić information content (AvgIpc) is 2.81. The van der Waals surface area contributed by atoms with Crippen LogP contribution in [-0.4, -0.2) is 9.55 Å². The van der Waals surface area contributed by atoms with Gasteiger partial charge in [-0.05, 0) is 43.3 Å². The molecule has 0 atom stereocenters. The van der Waals surface area contributed by atoms with E-state index in [-0.39, 0.29) is 0 Å². The van der Waals surface area contributed by atoms with Gasteiger partial charge in [0.25, 0.3) is 0 Å². The van der Waals surface area contributed by atoms with Crippen LogP contribution in [0, 0.1) is 18.3 Å². The van der Waals surface area contributed by atoms with E-state index in [0.29, 0.717) is 5.56 Å². The van der Waals surface area contributed by atoms with E-state index < -0.39 is 0 Å². The molecule has 0 unspecified atom stereocenters. The highest BCUT2D eigenvalue weighted by Gasteiger charge is 2.03. The van der Waals surface area contributed by atoms with Crippen LogP contribution in [0.15, 0.2) is 48.7 Å². The smallest absolute Gasteiger partial charge is 0.0991 e. The number of pyridine rings is 1. The van der Waals surface area contributed by atoms with Gasteiger partial charge in [-0.15, -0.1) is 0 Å².